The van der Waals surface area contributed by atoms with E-state index in [2.05, 4.69) is 11.4 Å². The van der Waals surface area contributed by atoms with E-state index in [4.69, 9.17) is 9.15 Å². The molecule has 1 aromatic heterocycles. The quantitative estimate of drug-likeness (QED) is 0.481. The zero-order valence-corrected chi connectivity index (χ0v) is 17.5. The number of hydrogen-bond acceptors (Lipinski definition) is 3. The number of ether oxygens (including phenoxy) is 1. The van der Waals surface area contributed by atoms with Crippen molar-refractivity contribution in [2.24, 2.45) is 0 Å². The first-order valence-electron chi connectivity index (χ1n) is 10.2. The number of rotatable bonds is 10. The first kappa shape index (κ1) is 21.8. The molecule has 0 aliphatic rings. The molecule has 0 saturated heterocycles. The third kappa shape index (κ3) is 6.29. The van der Waals surface area contributed by atoms with Crippen molar-refractivity contribution in [1.82, 2.24) is 5.32 Å². The number of methoxy groups -OCH3 is 1. The van der Waals surface area contributed by atoms with Crippen molar-refractivity contribution in [3.63, 3.8) is 0 Å². The standard InChI is InChI=1S/C25H28FNO3.H2/c1-18-22(16-24(30-18)21-10-6-20(7-11-21)17-29-2)4-3-5-25(28)27-15-14-19-8-12-23(26)13-9-19;/h6-13,16H,3-5,14-15,17H2,1-2H3,(H,27,28);1H. The second-order valence-corrected chi connectivity index (χ2v) is 7.40. The summed E-state index contributed by atoms with van der Waals surface area (Å²) in [6, 6.07) is 16.6. The number of carbonyl (C=O) groups is 1. The summed E-state index contributed by atoms with van der Waals surface area (Å²) in [6.07, 6.45) is 2.71. The summed E-state index contributed by atoms with van der Waals surface area (Å²) in [5.74, 6) is 1.52. The molecule has 3 aromatic rings. The molecule has 0 radical (unpaired) electrons. The van der Waals surface area contributed by atoms with Crippen LogP contribution in [0.15, 0.2) is 59.0 Å². The Morgan fingerprint density at radius 1 is 1.07 bits per heavy atom. The molecule has 1 amide bonds. The van der Waals surface area contributed by atoms with Crippen molar-refractivity contribution in [3.8, 4) is 11.3 Å². The maximum Gasteiger partial charge on any atom is 0.220 e. The van der Waals surface area contributed by atoms with Crippen LogP contribution in [0, 0.1) is 12.7 Å². The van der Waals surface area contributed by atoms with Crippen molar-refractivity contribution in [2.75, 3.05) is 13.7 Å². The lowest BCUT2D eigenvalue weighted by atomic mass is 10.1. The maximum absolute atomic E-state index is 12.9. The Balaban J connectivity index is 0.00000341. The predicted octanol–water partition coefficient (Wildman–Crippen LogP) is 5.47. The van der Waals surface area contributed by atoms with Gasteiger partial charge < -0.3 is 14.5 Å². The lowest BCUT2D eigenvalue weighted by Gasteiger charge is -2.05. The minimum Gasteiger partial charge on any atom is -0.461 e. The summed E-state index contributed by atoms with van der Waals surface area (Å²) in [5.41, 5.74) is 4.29. The molecular weight excluding hydrogens is 381 g/mol. The monoisotopic (exact) mass is 411 g/mol. The molecule has 3 rings (SSSR count). The molecule has 0 aliphatic heterocycles. The Morgan fingerprint density at radius 2 is 1.77 bits per heavy atom. The Hall–Kier alpha value is -2.92. The molecule has 5 heteroatoms. The van der Waals surface area contributed by atoms with Crippen LogP contribution in [0.4, 0.5) is 4.39 Å². The largest absolute Gasteiger partial charge is 0.461 e. The second kappa shape index (κ2) is 10.7. The van der Waals surface area contributed by atoms with E-state index in [9.17, 15) is 9.18 Å². The summed E-state index contributed by atoms with van der Waals surface area (Å²) in [7, 11) is 1.68. The Morgan fingerprint density at radius 3 is 2.47 bits per heavy atom. The number of furan rings is 1. The lowest BCUT2D eigenvalue weighted by Crippen LogP contribution is -2.25. The van der Waals surface area contributed by atoms with Crippen molar-refractivity contribution in [1.29, 1.82) is 0 Å². The summed E-state index contributed by atoms with van der Waals surface area (Å²) in [5, 5.41) is 2.93. The van der Waals surface area contributed by atoms with E-state index in [0.29, 0.717) is 26.0 Å². The number of hydrogen-bond donors (Lipinski definition) is 1. The normalized spacial score (nSPS) is 10.9. The number of benzene rings is 2. The van der Waals surface area contributed by atoms with Crippen LogP contribution in [0.25, 0.3) is 11.3 Å². The van der Waals surface area contributed by atoms with Gasteiger partial charge in [-0.1, -0.05) is 36.4 Å². The lowest BCUT2D eigenvalue weighted by molar-refractivity contribution is -0.121. The van der Waals surface area contributed by atoms with E-state index in [-0.39, 0.29) is 13.2 Å². The zero-order valence-electron chi connectivity index (χ0n) is 17.5. The van der Waals surface area contributed by atoms with Gasteiger partial charge >= 0.3 is 0 Å². The highest BCUT2D eigenvalue weighted by molar-refractivity contribution is 5.75. The number of nitrogens with one attached hydrogen (secondary N) is 1. The Kier molecular flexibility index (Phi) is 7.80. The van der Waals surface area contributed by atoms with Crippen molar-refractivity contribution < 1.29 is 19.8 Å². The number of halogens is 1. The molecule has 0 atom stereocenters. The van der Waals surface area contributed by atoms with E-state index >= 15 is 0 Å². The topological polar surface area (TPSA) is 51.5 Å². The Bertz CT molecular complexity index is 952. The first-order chi connectivity index (χ1) is 14.5. The first-order valence-corrected chi connectivity index (χ1v) is 10.2. The number of amides is 1. The van der Waals surface area contributed by atoms with Gasteiger partial charge in [-0.05, 0) is 61.1 Å². The molecule has 0 saturated carbocycles. The van der Waals surface area contributed by atoms with Gasteiger partial charge in [0, 0.05) is 27.1 Å². The summed E-state index contributed by atoms with van der Waals surface area (Å²) < 4.78 is 24.0. The molecule has 1 N–H and O–H groups in total. The third-order valence-electron chi connectivity index (χ3n) is 5.07. The van der Waals surface area contributed by atoms with Gasteiger partial charge in [-0.2, -0.15) is 0 Å². The van der Waals surface area contributed by atoms with Gasteiger partial charge in [0.05, 0.1) is 6.61 Å². The smallest absolute Gasteiger partial charge is 0.220 e. The Labute approximate surface area is 178 Å². The average molecular weight is 412 g/mol. The molecule has 0 bridgehead atoms. The molecular formula is C25H30FNO3. The fraction of sp³-hybridized carbons (Fsp3) is 0.320. The highest BCUT2D eigenvalue weighted by Gasteiger charge is 2.10. The van der Waals surface area contributed by atoms with Crippen LogP contribution in [0.1, 0.15) is 36.7 Å². The fourth-order valence-corrected chi connectivity index (χ4v) is 3.37. The molecule has 0 unspecified atom stereocenters. The van der Waals surface area contributed by atoms with Gasteiger partial charge in [-0.25, -0.2) is 4.39 Å². The molecule has 2 aromatic carbocycles. The molecule has 0 spiro atoms. The van der Waals surface area contributed by atoms with Gasteiger partial charge in [-0.3, -0.25) is 4.79 Å². The number of carbonyl (C=O) groups excluding carboxylic acids is 1. The summed E-state index contributed by atoms with van der Waals surface area (Å²) in [6.45, 7) is 3.11. The molecule has 30 heavy (non-hydrogen) atoms. The van der Waals surface area contributed by atoms with E-state index in [1.807, 2.05) is 31.2 Å². The molecule has 4 nitrogen and oxygen atoms in total. The van der Waals surface area contributed by atoms with Crippen molar-refractivity contribution >= 4 is 5.91 Å². The number of aryl methyl sites for hydroxylation is 2. The molecule has 1 heterocycles. The van der Waals surface area contributed by atoms with Crippen molar-refractivity contribution in [2.45, 2.75) is 39.2 Å². The minimum atomic E-state index is -0.247. The highest BCUT2D eigenvalue weighted by atomic mass is 19.1. The summed E-state index contributed by atoms with van der Waals surface area (Å²) >= 11 is 0. The van der Waals surface area contributed by atoms with Crippen LogP contribution in [-0.4, -0.2) is 19.6 Å². The van der Waals surface area contributed by atoms with Gasteiger partial charge in [0.1, 0.15) is 17.3 Å². The van der Waals surface area contributed by atoms with Crippen LogP contribution in [0.5, 0.6) is 0 Å². The SMILES string of the molecule is COCc1ccc(-c2cc(CCCC(=O)NCCc3ccc(F)cc3)c(C)o2)cc1.[HH]. The van der Waals surface area contributed by atoms with E-state index in [0.717, 1.165) is 46.6 Å². The van der Waals surface area contributed by atoms with Gasteiger partial charge in [-0.15, -0.1) is 0 Å². The van der Waals surface area contributed by atoms with E-state index < -0.39 is 0 Å². The minimum absolute atomic E-state index is 0. The predicted molar refractivity (Wildman–Crippen MR) is 118 cm³/mol. The average Bonchev–Trinajstić information content (AvgIpc) is 3.11. The van der Waals surface area contributed by atoms with Crippen LogP contribution in [0.3, 0.4) is 0 Å². The van der Waals surface area contributed by atoms with Crippen LogP contribution in [-0.2, 0) is 29.0 Å². The highest BCUT2D eigenvalue weighted by Crippen LogP contribution is 2.26. The van der Waals surface area contributed by atoms with E-state index in [1.165, 1.54) is 12.1 Å². The van der Waals surface area contributed by atoms with Gasteiger partial charge in [0.25, 0.3) is 0 Å². The molecule has 160 valence electrons. The maximum atomic E-state index is 12.9. The second-order valence-electron chi connectivity index (χ2n) is 7.40. The van der Waals surface area contributed by atoms with Gasteiger partial charge in [0.15, 0.2) is 0 Å². The van der Waals surface area contributed by atoms with Crippen LogP contribution in [0.2, 0.25) is 0 Å². The van der Waals surface area contributed by atoms with E-state index in [1.54, 1.807) is 19.2 Å². The molecule has 0 aliphatic carbocycles. The van der Waals surface area contributed by atoms with Crippen molar-refractivity contribution in [3.05, 3.63) is 82.9 Å². The summed E-state index contributed by atoms with van der Waals surface area (Å²) in [4.78, 5) is 12.1. The van der Waals surface area contributed by atoms with Crippen LogP contribution >= 0.6 is 0 Å². The third-order valence-corrected chi connectivity index (χ3v) is 5.07. The molecule has 0 fully saturated rings. The van der Waals surface area contributed by atoms with Gasteiger partial charge in [0.2, 0.25) is 5.91 Å². The van der Waals surface area contributed by atoms with Crippen LogP contribution < -0.4 is 5.32 Å². The zero-order chi connectivity index (χ0) is 21.3. The fourth-order valence-electron chi connectivity index (χ4n) is 3.37.